The molecule has 2 rings (SSSR count). The lowest BCUT2D eigenvalue weighted by atomic mass is 9.95. The molecule has 4 nitrogen and oxygen atoms in total. The molecule has 126 valence electrons. The third kappa shape index (κ3) is 5.06. The highest BCUT2D eigenvalue weighted by Gasteiger charge is 2.27. The Morgan fingerprint density at radius 1 is 1.30 bits per heavy atom. The van der Waals surface area contributed by atoms with Crippen LogP contribution in [0.5, 0.6) is 0 Å². The summed E-state index contributed by atoms with van der Waals surface area (Å²) in [6.45, 7) is 7.46. The van der Waals surface area contributed by atoms with Crippen LogP contribution in [0.2, 0.25) is 0 Å². The molecule has 1 aliphatic heterocycles. The molecule has 23 heavy (non-hydrogen) atoms. The average molecular weight is 381 g/mol. The molecule has 0 bridgehead atoms. The van der Waals surface area contributed by atoms with Crippen molar-refractivity contribution in [2.45, 2.75) is 40.0 Å². The van der Waals surface area contributed by atoms with Crippen LogP contribution in [0.3, 0.4) is 0 Å². The molecule has 1 saturated heterocycles. The van der Waals surface area contributed by atoms with Crippen LogP contribution in [-0.2, 0) is 9.59 Å². The van der Waals surface area contributed by atoms with E-state index in [1.807, 2.05) is 30.0 Å². The summed E-state index contributed by atoms with van der Waals surface area (Å²) in [5.41, 5.74) is 1.90. The zero-order chi connectivity index (χ0) is 17.0. The van der Waals surface area contributed by atoms with E-state index < -0.39 is 0 Å². The highest BCUT2D eigenvalue weighted by Crippen LogP contribution is 2.24. The molecular formula is C18H25BrN2O2. The van der Waals surface area contributed by atoms with Gasteiger partial charge in [0.05, 0.1) is 0 Å². The number of carbonyl (C=O) groups excluding carboxylic acids is 2. The van der Waals surface area contributed by atoms with Crippen LogP contribution < -0.4 is 5.32 Å². The summed E-state index contributed by atoms with van der Waals surface area (Å²) in [5.74, 6) is 0.638. The van der Waals surface area contributed by atoms with E-state index in [2.05, 4.69) is 35.1 Å². The molecule has 0 spiro atoms. The van der Waals surface area contributed by atoms with Crippen molar-refractivity contribution in [2.75, 3.05) is 18.4 Å². The topological polar surface area (TPSA) is 49.4 Å². The van der Waals surface area contributed by atoms with Crippen LogP contribution in [-0.4, -0.2) is 29.8 Å². The lowest BCUT2D eigenvalue weighted by Crippen LogP contribution is -2.41. The molecule has 1 heterocycles. The molecule has 1 aromatic rings. The monoisotopic (exact) mass is 380 g/mol. The van der Waals surface area contributed by atoms with E-state index in [0.29, 0.717) is 25.4 Å². The number of halogens is 1. The molecule has 0 aromatic heterocycles. The highest BCUT2D eigenvalue weighted by atomic mass is 79.9. The Balaban J connectivity index is 1.87. The Hall–Kier alpha value is -1.36. The first kappa shape index (κ1) is 18.0. The molecule has 0 saturated carbocycles. The summed E-state index contributed by atoms with van der Waals surface area (Å²) >= 11 is 3.43. The van der Waals surface area contributed by atoms with Crippen LogP contribution in [0.15, 0.2) is 22.7 Å². The summed E-state index contributed by atoms with van der Waals surface area (Å²) in [6, 6.07) is 5.83. The standard InChI is InChI=1S/C18H25BrN2O2/c1-12(2)10-17(22)21-8-6-14(7-9-21)18(23)20-16-5-4-15(19)11-13(16)3/h4-5,11-12,14H,6-10H2,1-3H3,(H,20,23). The van der Waals surface area contributed by atoms with Gasteiger partial charge in [-0.3, -0.25) is 9.59 Å². The summed E-state index contributed by atoms with van der Waals surface area (Å²) < 4.78 is 1.00. The predicted octanol–water partition coefficient (Wildman–Crippen LogP) is 3.98. The van der Waals surface area contributed by atoms with Crippen molar-refractivity contribution >= 4 is 33.4 Å². The Labute approximate surface area is 146 Å². The smallest absolute Gasteiger partial charge is 0.227 e. The Morgan fingerprint density at radius 2 is 1.96 bits per heavy atom. The Morgan fingerprint density at radius 3 is 2.52 bits per heavy atom. The first-order valence-corrected chi connectivity index (χ1v) is 9.01. The zero-order valence-corrected chi connectivity index (χ0v) is 15.6. The van der Waals surface area contributed by atoms with Gasteiger partial charge in [0.25, 0.3) is 0 Å². The second kappa shape index (κ2) is 7.95. The molecule has 1 aromatic carbocycles. The van der Waals surface area contributed by atoms with Gasteiger partial charge in [-0.15, -0.1) is 0 Å². The lowest BCUT2D eigenvalue weighted by molar-refractivity contribution is -0.135. The summed E-state index contributed by atoms with van der Waals surface area (Å²) in [6.07, 6.45) is 2.07. The van der Waals surface area contributed by atoms with Crippen molar-refractivity contribution < 1.29 is 9.59 Å². The van der Waals surface area contributed by atoms with Gasteiger partial charge in [0.2, 0.25) is 11.8 Å². The van der Waals surface area contributed by atoms with Gasteiger partial charge in [-0.25, -0.2) is 0 Å². The van der Waals surface area contributed by atoms with Crippen LogP contribution in [0.1, 0.15) is 38.7 Å². The molecule has 0 unspecified atom stereocenters. The molecule has 1 N–H and O–H groups in total. The van der Waals surface area contributed by atoms with Crippen LogP contribution in [0.25, 0.3) is 0 Å². The van der Waals surface area contributed by atoms with Gasteiger partial charge in [-0.2, -0.15) is 0 Å². The van der Waals surface area contributed by atoms with E-state index >= 15 is 0 Å². The van der Waals surface area contributed by atoms with Crippen molar-refractivity contribution in [1.82, 2.24) is 4.90 Å². The fourth-order valence-electron chi connectivity index (χ4n) is 2.87. The van der Waals surface area contributed by atoms with E-state index in [4.69, 9.17) is 0 Å². The normalized spacial score (nSPS) is 15.8. The lowest BCUT2D eigenvalue weighted by Gasteiger charge is -2.32. The maximum atomic E-state index is 12.4. The van der Waals surface area contributed by atoms with E-state index in [9.17, 15) is 9.59 Å². The fourth-order valence-corrected chi connectivity index (χ4v) is 3.35. The van der Waals surface area contributed by atoms with Gasteiger partial charge in [0.1, 0.15) is 0 Å². The van der Waals surface area contributed by atoms with Crippen molar-refractivity contribution in [1.29, 1.82) is 0 Å². The third-order valence-corrected chi connectivity index (χ3v) is 4.74. The largest absolute Gasteiger partial charge is 0.343 e. The highest BCUT2D eigenvalue weighted by molar-refractivity contribution is 9.10. The van der Waals surface area contributed by atoms with E-state index in [1.165, 1.54) is 0 Å². The number of amides is 2. The first-order chi connectivity index (χ1) is 10.9. The molecule has 0 radical (unpaired) electrons. The zero-order valence-electron chi connectivity index (χ0n) is 14.1. The van der Waals surface area contributed by atoms with Crippen LogP contribution in [0, 0.1) is 18.8 Å². The number of likely N-dealkylation sites (tertiary alicyclic amines) is 1. The maximum absolute atomic E-state index is 12.4. The molecule has 2 amide bonds. The minimum absolute atomic E-state index is 0.0128. The van der Waals surface area contributed by atoms with Gasteiger partial charge in [0.15, 0.2) is 0 Å². The number of benzene rings is 1. The second-order valence-corrected chi connectivity index (χ2v) is 7.62. The minimum atomic E-state index is -0.0128. The number of nitrogens with zero attached hydrogens (tertiary/aromatic N) is 1. The van der Waals surface area contributed by atoms with Crippen molar-refractivity contribution in [3.63, 3.8) is 0 Å². The first-order valence-electron chi connectivity index (χ1n) is 8.21. The molecule has 5 heteroatoms. The predicted molar refractivity (Wildman–Crippen MR) is 96.3 cm³/mol. The Bertz CT molecular complexity index is 578. The number of nitrogens with one attached hydrogen (secondary N) is 1. The average Bonchev–Trinajstić information content (AvgIpc) is 2.49. The number of aryl methyl sites for hydroxylation is 1. The van der Waals surface area contributed by atoms with Crippen LogP contribution in [0.4, 0.5) is 5.69 Å². The van der Waals surface area contributed by atoms with Crippen molar-refractivity contribution in [3.05, 3.63) is 28.2 Å². The molecule has 1 aliphatic rings. The third-order valence-electron chi connectivity index (χ3n) is 4.25. The number of carbonyl (C=O) groups is 2. The van der Waals surface area contributed by atoms with E-state index in [1.54, 1.807) is 0 Å². The number of hydrogen-bond acceptors (Lipinski definition) is 2. The molecule has 0 aliphatic carbocycles. The number of piperidine rings is 1. The van der Waals surface area contributed by atoms with Gasteiger partial charge >= 0.3 is 0 Å². The van der Waals surface area contributed by atoms with Crippen molar-refractivity contribution in [3.8, 4) is 0 Å². The van der Waals surface area contributed by atoms with E-state index in [0.717, 1.165) is 28.6 Å². The number of hydrogen-bond donors (Lipinski definition) is 1. The quantitative estimate of drug-likeness (QED) is 0.858. The molecule has 1 fully saturated rings. The number of rotatable bonds is 4. The summed E-state index contributed by atoms with van der Waals surface area (Å²) in [5, 5.41) is 3.02. The van der Waals surface area contributed by atoms with Crippen LogP contribution >= 0.6 is 15.9 Å². The summed E-state index contributed by atoms with van der Waals surface area (Å²) in [7, 11) is 0. The fraction of sp³-hybridized carbons (Fsp3) is 0.556. The SMILES string of the molecule is Cc1cc(Br)ccc1NC(=O)C1CCN(C(=O)CC(C)C)CC1. The van der Waals surface area contributed by atoms with Crippen molar-refractivity contribution in [2.24, 2.45) is 11.8 Å². The molecule has 0 atom stereocenters. The minimum Gasteiger partial charge on any atom is -0.343 e. The number of anilines is 1. The van der Waals surface area contributed by atoms with Gasteiger partial charge in [-0.1, -0.05) is 29.8 Å². The maximum Gasteiger partial charge on any atom is 0.227 e. The van der Waals surface area contributed by atoms with Gasteiger partial charge in [-0.05, 0) is 49.4 Å². The second-order valence-electron chi connectivity index (χ2n) is 6.70. The summed E-state index contributed by atoms with van der Waals surface area (Å²) in [4.78, 5) is 26.4. The van der Waals surface area contributed by atoms with Gasteiger partial charge < -0.3 is 10.2 Å². The Kier molecular flexibility index (Phi) is 6.22. The van der Waals surface area contributed by atoms with Gasteiger partial charge in [0, 0.05) is 35.6 Å². The molecular weight excluding hydrogens is 356 g/mol. The van der Waals surface area contributed by atoms with E-state index in [-0.39, 0.29) is 17.7 Å².